The van der Waals surface area contributed by atoms with Crippen LogP contribution in [0.2, 0.25) is 0 Å². The van der Waals surface area contributed by atoms with Crippen molar-refractivity contribution in [2.45, 2.75) is 13.5 Å². The summed E-state index contributed by atoms with van der Waals surface area (Å²) in [6.45, 7) is 2.75. The Kier molecular flexibility index (Phi) is 3.53. The van der Waals surface area contributed by atoms with Crippen molar-refractivity contribution in [2.24, 2.45) is 5.73 Å². The van der Waals surface area contributed by atoms with Gasteiger partial charge in [0, 0.05) is 16.3 Å². The monoisotopic (exact) mass is 261 g/mol. The molecular formula is C13H15N3OS. The average Bonchev–Trinajstić information content (AvgIpc) is 2.73. The Balaban J connectivity index is 2.14. The lowest BCUT2D eigenvalue weighted by Gasteiger charge is -2.10. The number of benzene rings is 1. The predicted octanol–water partition coefficient (Wildman–Crippen LogP) is 2.35. The van der Waals surface area contributed by atoms with E-state index in [0.717, 1.165) is 5.69 Å². The second-order valence-corrected chi connectivity index (χ2v) is 5.37. The van der Waals surface area contributed by atoms with E-state index in [1.165, 1.54) is 9.75 Å². The molecule has 1 amide bonds. The fourth-order valence-corrected chi connectivity index (χ4v) is 2.53. The number of thiophene rings is 1. The Labute approximate surface area is 110 Å². The maximum atomic E-state index is 11.2. The SMILES string of the molecule is Cc1ccc(CNc2cccc(C(N)=O)c2N)s1. The van der Waals surface area contributed by atoms with E-state index >= 15 is 0 Å². The molecule has 0 unspecified atom stereocenters. The summed E-state index contributed by atoms with van der Waals surface area (Å²) in [5, 5.41) is 3.22. The van der Waals surface area contributed by atoms with Crippen LogP contribution >= 0.6 is 11.3 Å². The second-order valence-electron chi connectivity index (χ2n) is 4.00. The minimum absolute atomic E-state index is 0.349. The van der Waals surface area contributed by atoms with Crippen molar-refractivity contribution < 1.29 is 4.79 Å². The number of carbonyl (C=O) groups excluding carboxylic acids is 1. The van der Waals surface area contributed by atoms with Gasteiger partial charge in [0.1, 0.15) is 0 Å². The van der Waals surface area contributed by atoms with Gasteiger partial charge in [-0.05, 0) is 31.2 Å². The van der Waals surface area contributed by atoms with Gasteiger partial charge >= 0.3 is 0 Å². The Bertz CT molecular complexity index is 577. The highest BCUT2D eigenvalue weighted by Crippen LogP contribution is 2.24. The van der Waals surface area contributed by atoms with Gasteiger partial charge in [0.25, 0.3) is 5.91 Å². The van der Waals surface area contributed by atoms with E-state index in [-0.39, 0.29) is 0 Å². The number of nitrogens with two attached hydrogens (primary N) is 2. The summed E-state index contributed by atoms with van der Waals surface area (Å²) in [4.78, 5) is 13.7. The minimum atomic E-state index is -0.511. The number of anilines is 2. The molecule has 1 heterocycles. The van der Waals surface area contributed by atoms with E-state index in [2.05, 4.69) is 24.4 Å². The molecule has 94 valence electrons. The maximum Gasteiger partial charge on any atom is 0.250 e. The van der Waals surface area contributed by atoms with Gasteiger partial charge in [-0.15, -0.1) is 11.3 Å². The zero-order chi connectivity index (χ0) is 13.1. The number of carbonyl (C=O) groups is 1. The van der Waals surface area contributed by atoms with E-state index in [1.807, 2.05) is 6.07 Å². The van der Waals surface area contributed by atoms with Crippen molar-refractivity contribution in [3.05, 3.63) is 45.6 Å². The van der Waals surface area contributed by atoms with Gasteiger partial charge in [0.2, 0.25) is 0 Å². The fourth-order valence-electron chi connectivity index (χ4n) is 1.70. The summed E-state index contributed by atoms with van der Waals surface area (Å²) >= 11 is 1.73. The zero-order valence-electron chi connectivity index (χ0n) is 10.1. The van der Waals surface area contributed by atoms with Crippen molar-refractivity contribution in [3.8, 4) is 0 Å². The third-order valence-corrected chi connectivity index (χ3v) is 3.62. The first-order valence-corrected chi connectivity index (χ1v) is 6.37. The Hall–Kier alpha value is -2.01. The molecule has 0 saturated carbocycles. The van der Waals surface area contributed by atoms with E-state index < -0.39 is 5.91 Å². The zero-order valence-corrected chi connectivity index (χ0v) is 10.9. The van der Waals surface area contributed by atoms with Crippen LogP contribution in [0.25, 0.3) is 0 Å². The Morgan fingerprint density at radius 1 is 1.33 bits per heavy atom. The molecule has 0 bridgehead atoms. The van der Waals surface area contributed by atoms with Gasteiger partial charge in [-0.1, -0.05) is 6.07 Å². The summed E-state index contributed by atoms with van der Waals surface area (Å²) in [6, 6.07) is 9.37. The number of nitrogen functional groups attached to an aromatic ring is 1. The molecule has 4 nitrogen and oxygen atoms in total. The molecule has 0 radical (unpaired) electrons. The first-order valence-electron chi connectivity index (χ1n) is 5.55. The van der Waals surface area contributed by atoms with Gasteiger partial charge in [-0.3, -0.25) is 4.79 Å². The predicted molar refractivity (Wildman–Crippen MR) is 75.8 cm³/mol. The van der Waals surface area contributed by atoms with Crippen molar-refractivity contribution in [2.75, 3.05) is 11.1 Å². The third kappa shape index (κ3) is 2.62. The fraction of sp³-hybridized carbons (Fsp3) is 0.154. The molecule has 5 heteroatoms. The highest BCUT2D eigenvalue weighted by Gasteiger charge is 2.09. The molecule has 0 spiro atoms. The third-order valence-electron chi connectivity index (χ3n) is 2.62. The van der Waals surface area contributed by atoms with Gasteiger partial charge in [0.15, 0.2) is 0 Å². The van der Waals surface area contributed by atoms with Crippen LogP contribution in [-0.4, -0.2) is 5.91 Å². The van der Waals surface area contributed by atoms with Crippen molar-refractivity contribution >= 4 is 28.6 Å². The highest BCUT2D eigenvalue weighted by atomic mass is 32.1. The molecule has 0 saturated heterocycles. The Morgan fingerprint density at radius 3 is 2.72 bits per heavy atom. The highest BCUT2D eigenvalue weighted by molar-refractivity contribution is 7.11. The number of rotatable bonds is 4. The molecule has 0 aliphatic rings. The second kappa shape index (κ2) is 5.10. The van der Waals surface area contributed by atoms with Gasteiger partial charge in [0.05, 0.1) is 16.9 Å². The van der Waals surface area contributed by atoms with Crippen molar-refractivity contribution in [1.82, 2.24) is 0 Å². The normalized spacial score (nSPS) is 10.3. The smallest absolute Gasteiger partial charge is 0.250 e. The quantitative estimate of drug-likeness (QED) is 0.739. The van der Waals surface area contributed by atoms with Crippen LogP contribution in [0.15, 0.2) is 30.3 Å². The van der Waals surface area contributed by atoms with Gasteiger partial charge < -0.3 is 16.8 Å². The van der Waals surface area contributed by atoms with Crippen LogP contribution in [0, 0.1) is 6.92 Å². The number of aryl methyl sites for hydroxylation is 1. The number of nitrogens with one attached hydrogen (secondary N) is 1. The maximum absolute atomic E-state index is 11.2. The van der Waals surface area contributed by atoms with Gasteiger partial charge in [-0.25, -0.2) is 0 Å². The molecule has 0 aliphatic heterocycles. The summed E-state index contributed by atoms with van der Waals surface area (Å²) in [7, 11) is 0. The van der Waals surface area contributed by atoms with Crippen LogP contribution in [-0.2, 0) is 6.54 Å². The van der Waals surface area contributed by atoms with Crippen LogP contribution in [0.4, 0.5) is 11.4 Å². The first-order chi connectivity index (χ1) is 8.58. The minimum Gasteiger partial charge on any atom is -0.396 e. The molecule has 1 aromatic heterocycles. The molecular weight excluding hydrogens is 246 g/mol. The molecule has 18 heavy (non-hydrogen) atoms. The summed E-state index contributed by atoms with van der Waals surface area (Å²) in [6.07, 6.45) is 0. The van der Waals surface area contributed by atoms with Gasteiger partial charge in [-0.2, -0.15) is 0 Å². The van der Waals surface area contributed by atoms with E-state index in [9.17, 15) is 4.79 Å². The number of amides is 1. The first kappa shape index (κ1) is 12.4. The molecule has 2 rings (SSSR count). The van der Waals surface area contributed by atoms with E-state index in [0.29, 0.717) is 17.8 Å². The molecule has 5 N–H and O–H groups in total. The topological polar surface area (TPSA) is 81.1 Å². The summed E-state index contributed by atoms with van der Waals surface area (Å²) in [5.41, 5.74) is 12.6. The number of hydrogen-bond donors (Lipinski definition) is 3. The standard InChI is InChI=1S/C13H15N3OS/c1-8-5-6-9(18-8)7-16-11-4-2-3-10(12(11)14)13(15)17/h2-6,16H,7,14H2,1H3,(H2,15,17). The lowest BCUT2D eigenvalue weighted by atomic mass is 10.1. The average molecular weight is 261 g/mol. The van der Waals surface area contributed by atoms with Crippen LogP contribution in [0.1, 0.15) is 20.1 Å². The summed E-state index contributed by atoms with van der Waals surface area (Å²) in [5.74, 6) is -0.511. The van der Waals surface area contributed by atoms with Crippen molar-refractivity contribution in [3.63, 3.8) is 0 Å². The largest absolute Gasteiger partial charge is 0.396 e. The Morgan fingerprint density at radius 2 is 2.11 bits per heavy atom. The molecule has 2 aromatic rings. The lowest BCUT2D eigenvalue weighted by Crippen LogP contribution is -2.14. The number of hydrogen-bond acceptors (Lipinski definition) is 4. The van der Waals surface area contributed by atoms with Crippen molar-refractivity contribution in [1.29, 1.82) is 0 Å². The number of primary amides is 1. The molecule has 0 aliphatic carbocycles. The van der Waals surface area contributed by atoms with Crippen LogP contribution in [0.3, 0.4) is 0 Å². The molecule has 0 atom stereocenters. The van der Waals surface area contributed by atoms with E-state index in [4.69, 9.17) is 11.5 Å². The molecule has 1 aromatic carbocycles. The van der Waals surface area contributed by atoms with E-state index in [1.54, 1.807) is 23.5 Å². The summed E-state index contributed by atoms with van der Waals surface area (Å²) < 4.78 is 0. The lowest BCUT2D eigenvalue weighted by molar-refractivity contribution is 0.100. The number of para-hydroxylation sites is 1. The van der Waals surface area contributed by atoms with Crippen LogP contribution in [0.5, 0.6) is 0 Å². The molecule has 0 fully saturated rings. The van der Waals surface area contributed by atoms with Crippen LogP contribution < -0.4 is 16.8 Å².